The van der Waals surface area contributed by atoms with Crippen LogP contribution < -0.4 is 10.1 Å². The van der Waals surface area contributed by atoms with Crippen LogP contribution in [0.5, 0.6) is 5.75 Å². The molecule has 1 unspecified atom stereocenters. The van der Waals surface area contributed by atoms with Crippen molar-refractivity contribution in [2.45, 2.75) is 33.2 Å². The number of carbonyl (C=O) groups excluding carboxylic acids is 1. The lowest BCUT2D eigenvalue weighted by Gasteiger charge is -2.22. The van der Waals surface area contributed by atoms with Crippen molar-refractivity contribution in [3.63, 3.8) is 0 Å². The second-order valence-corrected chi connectivity index (χ2v) is 4.87. The summed E-state index contributed by atoms with van der Waals surface area (Å²) in [7, 11) is 3.46. The molecule has 4 heteroatoms. The minimum atomic E-state index is -0.0736. The number of rotatable bonds is 5. The van der Waals surface area contributed by atoms with E-state index in [0.717, 1.165) is 27.5 Å². The third kappa shape index (κ3) is 3.03. The largest absolute Gasteiger partial charge is 0.496 e. The third-order valence-electron chi connectivity index (χ3n) is 3.10. The molecule has 100 valence electrons. The van der Waals surface area contributed by atoms with Crippen molar-refractivity contribution in [3.05, 3.63) is 27.8 Å². The zero-order valence-electron chi connectivity index (χ0n) is 11.6. The summed E-state index contributed by atoms with van der Waals surface area (Å²) in [5, 5.41) is 3.88. The van der Waals surface area contributed by atoms with Crippen LogP contribution in [0.4, 0.5) is 0 Å². The second kappa shape index (κ2) is 6.21. The van der Waals surface area contributed by atoms with Gasteiger partial charge in [-0.05, 0) is 45.0 Å². The van der Waals surface area contributed by atoms with E-state index < -0.39 is 0 Å². The molecule has 0 amide bonds. The van der Waals surface area contributed by atoms with Gasteiger partial charge in [-0.25, -0.2) is 0 Å². The van der Waals surface area contributed by atoms with Gasteiger partial charge in [0.2, 0.25) is 0 Å². The van der Waals surface area contributed by atoms with Gasteiger partial charge in [-0.15, -0.1) is 0 Å². The summed E-state index contributed by atoms with van der Waals surface area (Å²) in [5.41, 5.74) is 2.91. The highest BCUT2D eigenvalue weighted by molar-refractivity contribution is 6.32. The van der Waals surface area contributed by atoms with E-state index in [4.69, 9.17) is 16.3 Å². The van der Waals surface area contributed by atoms with Gasteiger partial charge in [-0.2, -0.15) is 0 Å². The summed E-state index contributed by atoms with van der Waals surface area (Å²) in [6.07, 6.45) is 0.424. The molecule has 0 bridgehead atoms. The fourth-order valence-electron chi connectivity index (χ4n) is 2.17. The number of ketones is 1. The molecule has 1 atom stereocenters. The molecule has 1 aromatic carbocycles. The normalized spacial score (nSPS) is 12.3. The molecule has 3 nitrogen and oxygen atoms in total. The number of hydrogen-bond donors (Lipinski definition) is 1. The predicted molar refractivity (Wildman–Crippen MR) is 74.6 cm³/mol. The van der Waals surface area contributed by atoms with Gasteiger partial charge >= 0.3 is 0 Å². The van der Waals surface area contributed by atoms with E-state index in [0.29, 0.717) is 6.42 Å². The minimum absolute atomic E-state index is 0.0736. The number of aryl methyl sites for hydroxylation is 1. The van der Waals surface area contributed by atoms with E-state index in [1.165, 1.54) is 0 Å². The molecule has 0 aliphatic heterocycles. The Morgan fingerprint density at radius 2 is 2.11 bits per heavy atom. The summed E-state index contributed by atoms with van der Waals surface area (Å²) in [5.74, 6) is 0.905. The van der Waals surface area contributed by atoms with E-state index in [-0.39, 0.29) is 11.8 Å². The lowest BCUT2D eigenvalue weighted by Crippen LogP contribution is -2.21. The SMILES string of the molecule is CNC(CC(C)=O)c1c(OC)cc(C)c(Cl)c1C. The maximum atomic E-state index is 11.3. The Balaban J connectivity index is 3.36. The third-order valence-corrected chi connectivity index (χ3v) is 3.68. The zero-order valence-corrected chi connectivity index (χ0v) is 12.3. The van der Waals surface area contributed by atoms with Gasteiger partial charge in [0, 0.05) is 23.0 Å². The minimum Gasteiger partial charge on any atom is -0.496 e. The first-order valence-electron chi connectivity index (χ1n) is 5.92. The zero-order chi connectivity index (χ0) is 13.9. The first kappa shape index (κ1) is 15.0. The second-order valence-electron chi connectivity index (χ2n) is 4.50. The molecular formula is C14H20ClNO2. The Hall–Kier alpha value is -1.06. The van der Waals surface area contributed by atoms with Gasteiger partial charge in [0.1, 0.15) is 11.5 Å². The molecule has 0 fully saturated rings. The Morgan fingerprint density at radius 3 is 2.56 bits per heavy atom. The summed E-state index contributed by atoms with van der Waals surface area (Å²) in [6, 6.07) is 1.84. The van der Waals surface area contributed by atoms with Crippen LogP contribution in [0.2, 0.25) is 5.02 Å². The molecule has 18 heavy (non-hydrogen) atoms. The first-order chi connectivity index (χ1) is 8.42. The van der Waals surface area contributed by atoms with Crippen molar-refractivity contribution in [1.82, 2.24) is 5.32 Å². The number of benzene rings is 1. The van der Waals surface area contributed by atoms with Crippen LogP contribution in [-0.2, 0) is 4.79 Å². The van der Waals surface area contributed by atoms with Gasteiger partial charge < -0.3 is 10.1 Å². The number of halogens is 1. The van der Waals surface area contributed by atoms with Crippen LogP contribution in [0.3, 0.4) is 0 Å². The Morgan fingerprint density at radius 1 is 1.50 bits per heavy atom. The topological polar surface area (TPSA) is 38.3 Å². The maximum absolute atomic E-state index is 11.3. The van der Waals surface area contributed by atoms with Gasteiger partial charge in [0.15, 0.2) is 0 Å². The van der Waals surface area contributed by atoms with E-state index in [1.54, 1.807) is 14.0 Å². The number of carbonyl (C=O) groups is 1. The molecule has 1 rings (SSSR count). The molecule has 1 N–H and O–H groups in total. The van der Waals surface area contributed by atoms with Crippen molar-refractivity contribution in [2.24, 2.45) is 0 Å². The fraction of sp³-hybridized carbons (Fsp3) is 0.500. The monoisotopic (exact) mass is 269 g/mol. The van der Waals surface area contributed by atoms with Crippen molar-refractivity contribution in [1.29, 1.82) is 0 Å². The lowest BCUT2D eigenvalue weighted by molar-refractivity contribution is -0.117. The van der Waals surface area contributed by atoms with Crippen molar-refractivity contribution in [2.75, 3.05) is 14.2 Å². The molecule has 0 heterocycles. The summed E-state index contributed by atoms with van der Waals surface area (Å²) in [4.78, 5) is 11.3. The molecule has 0 aliphatic rings. The van der Waals surface area contributed by atoms with Gasteiger partial charge in [0.25, 0.3) is 0 Å². The van der Waals surface area contributed by atoms with Crippen LogP contribution in [0.1, 0.15) is 36.1 Å². The quantitative estimate of drug-likeness (QED) is 0.892. The lowest BCUT2D eigenvalue weighted by atomic mass is 9.94. The highest BCUT2D eigenvalue weighted by Gasteiger charge is 2.21. The van der Waals surface area contributed by atoms with Crippen molar-refractivity contribution in [3.8, 4) is 5.75 Å². The van der Waals surface area contributed by atoms with E-state index in [9.17, 15) is 4.79 Å². The van der Waals surface area contributed by atoms with Crippen LogP contribution in [0.25, 0.3) is 0 Å². The highest BCUT2D eigenvalue weighted by atomic mass is 35.5. The molecule has 0 saturated carbocycles. The van der Waals surface area contributed by atoms with E-state index in [2.05, 4.69) is 5.32 Å². The number of ether oxygens (including phenoxy) is 1. The first-order valence-corrected chi connectivity index (χ1v) is 6.30. The number of Topliss-reactive ketones (excluding diaryl/α,β-unsaturated/α-hetero) is 1. The van der Waals surface area contributed by atoms with Crippen LogP contribution in [0, 0.1) is 13.8 Å². The summed E-state index contributed by atoms with van der Waals surface area (Å²) >= 11 is 6.28. The standard InChI is InChI=1S/C14H20ClNO2/c1-8-6-12(18-5)13(10(3)14(8)15)11(16-4)7-9(2)17/h6,11,16H,7H2,1-5H3. The average molecular weight is 270 g/mol. The smallest absolute Gasteiger partial charge is 0.131 e. The maximum Gasteiger partial charge on any atom is 0.131 e. The van der Waals surface area contributed by atoms with E-state index >= 15 is 0 Å². The highest BCUT2D eigenvalue weighted by Crippen LogP contribution is 2.36. The van der Waals surface area contributed by atoms with Crippen LogP contribution >= 0.6 is 11.6 Å². The van der Waals surface area contributed by atoms with Crippen LogP contribution in [-0.4, -0.2) is 19.9 Å². The average Bonchev–Trinajstić information content (AvgIpc) is 2.33. The molecule has 0 spiro atoms. The predicted octanol–water partition coefficient (Wildman–Crippen LogP) is 3.21. The van der Waals surface area contributed by atoms with Gasteiger partial charge in [0.05, 0.1) is 7.11 Å². The molecule has 0 aliphatic carbocycles. The molecule has 0 radical (unpaired) electrons. The van der Waals surface area contributed by atoms with Gasteiger partial charge in [-0.3, -0.25) is 4.79 Å². The Kier molecular flexibility index (Phi) is 5.17. The van der Waals surface area contributed by atoms with Crippen molar-refractivity contribution < 1.29 is 9.53 Å². The summed E-state index contributed by atoms with van der Waals surface area (Å²) in [6.45, 7) is 5.49. The van der Waals surface area contributed by atoms with Crippen molar-refractivity contribution >= 4 is 17.4 Å². The Labute approximate surface area is 113 Å². The number of hydrogen-bond acceptors (Lipinski definition) is 3. The Bertz CT molecular complexity index is 458. The molecule has 0 saturated heterocycles. The fourth-order valence-corrected chi connectivity index (χ4v) is 2.33. The number of nitrogens with one attached hydrogen (secondary N) is 1. The molecule has 1 aromatic rings. The van der Waals surface area contributed by atoms with Gasteiger partial charge in [-0.1, -0.05) is 11.6 Å². The summed E-state index contributed by atoms with van der Waals surface area (Å²) < 4.78 is 5.42. The van der Waals surface area contributed by atoms with E-state index in [1.807, 2.05) is 27.0 Å². The van der Waals surface area contributed by atoms with Crippen LogP contribution in [0.15, 0.2) is 6.07 Å². The number of methoxy groups -OCH3 is 1. The molecular weight excluding hydrogens is 250 g/mol. The molecule has 0 aromatic heterocycles.